The fourth-order valence-corrected chi connectivity index (χ4v) is 9.35. The van der Waals surface area contributed by atoms with E-state index in [0.29, 0.717) is 36.1 Å². The van der Waals surface area contributed by atoms with Gasteiger partial charge in [-0.25, -0.2) is 23.1 Å². The number of sulfonamides is 1. The van der Waals surface area contributed by atoms with Gasteiger partial charge in [0.25, 0.3) is 10.0 Å². The fourth-order valence-electron chi connectivity index (χ4n) is 8.36. The Bertz CT molecular complexity index is 1910. The molecule has 4 aromatic rings. The second kappa shape index (κ2) is 13.7. The van der Waals surface area contributed by atoms with Crippen LogP contribution in [0.15, 0.2) is 65.8 Å². The van der Waals surface area contributed by atoms with Crippen LogP contribution < -0.4 is 14.4 Å². The number of nitrogens with zero attached hydrogens (tertiary/aromatic N) is 5. The SMILES string of the molecule is Cc1cccc(C)c1-c1cc2nc(n1)NS(=O)(=O)c1cccc(c1)C1[C@@H](c3cncc(N(C)C4CCC4)n3)CCC[C@@H](CC(C)C)[C@H]1CO2. The molecule has 258 valence electrons. The van der Waals surface area contributed by atoms with Crippen molar-refractivity contribution in [3.05, 3.63) is 83.3 Å². The van der Waals surface area contributed by atoms with E-state index < -0.39 is 10.0 Å². The predicted octanol–water partition coefficient (Wildman–Crippen LogP) is 8.06. The van der Waals surface area contributed by atoms with Crippen LogP contribution in [0.5, 0.6) is 5.88 Å². The first-order valence-corrected chi connectivity index (χ1v) is 19.3. The van der Waals surface area contributed by atoms with Crippen molar-refractivity contribution >= 4 is 21.8 Å². The minimum Gasteiger partial charge on any atom is -0.477 e. The Morgan fingerprint density at radius 2 is 1.69 bits per heavy atom. The Morgan fingerprint density at radius 3 is 2.43 bits per heavy atom. The molecule has 1 aliphatic heterocycles. The van der Waals surface area contributed by atoms with Crippen LogP contribution in [-0.4, -0.2) is 48.1 Å². The highest BCUT2D eigenvalue weighted by molar-refractivity contribution is 7.92. The summed E-state index contributed by atoms with van der Waals surface area (Å²) < 4.78 is 37.4. The second-order valence-corrected chi connectivity index (χ2v) is 16.5. The molecule has 2 aliphatic carbocycles. The number of aryl methyl sites for hydroxylation is 2. The van der Waals surface area contributed by atoms with E-state index in [1.807, 2.05) is 62.6 Å². The molecule has 3 heterocycles. The first-order valence-electron chi connectivity index (χ1n) is 17.8. The van der Waals surface area contributed by atoms with Crippen LogP contribution in [0.1, 0.15) is 93.0 Å². The largest absolute Gasteiger partial charge is 0.477 e. The average molecular weight is 681 g/mol. The lowest BCUT2D eigenvalue weighted by Gasteiger charge is -2.37. The zero-order valence-corrected chi connectivity index (χ0v) is 30.1. The zero-order chi connectivity index (χ0) is 34.3. The van der Waals surface area contributed by atoms with Gasteiger partial charge in [0.1, 0.15) is 5.82 Å². The van der Waals surface area contributed by atoms with Crippen molar-refractivity contribution < 1.29 is 13.2 Å². The van der Waals surface area contributed by atoms with Gasteiger partial charge in [-0.1, -0.05) is 57.0 Å². The molecular formula is C39H48N6O3S. The number of aromatic nitrogens is 4. The normalized spacial score (nSPS) is 23.5. The van der Waals surface area contributed by atoms with Gasteiger partial charge in [0.05, 0.1) is 29.1 Å². The van der Waals surface area contributed by atoms with E-state index in [1.54, 1.807) is 6.07 Å². The Balaban J connectivity index is 1.37. The summed E-state index contributed by atoms with van der Waals surface area (Å²) >= 11 is 0. The van der Waals surface area contributed by atoms with Crippen LogP contribution in [0.3, 0.4) is 0 Å². The molecule has 2 aromatic heterocycles. The topological polar surface area (TPSA) is 110 Å². The number of ether oxygens (including phenoxy) is 1. The molecule has 0 amide bonds. The Morgan fingerprint density at radius 1 is 0.939 bits per heavy atom. The van der Waals surface area contributed by atoms with Gasteiger partial charge >= 0.3 is 0 Å². The number of rotatable bonds is 6. The zero-order valence-electron chi connectivity index (χ0n) is 29.3. The third kappa shape index (κ3) is 6.89. The van der Waals surface area contributed by atoms with Gasteiger partial charge in [-0.3, -0.25) is 4.98 Å². The van der Waals surface area contributed by atoms with Gasteiger partial charge in [-0.15, -0.1) is 0 Å². The summed E-state index contributed by atoms with van der Waals surface area (Å²) in [5.41, 5.74) is 5.60. The molecule has 9 nitrogen and oxygen atoms in total. The Kier molecular flexibility index (Phi) is 9.35. The number of hydrogen-bond donors (Lipinski definition) is 1. The van der Waals surface area contributed by atoms with Gasteiger partial charge in [-0.05, 0) is 92.5 Å². The monoisotopic (exact) mass is 680 g/mol. The second-order valence-electron chi connectivity index (χ2n) is 14.8. The Hall–Kier alpha value is -4.05. The summed E-state index contributed by atoms with van der Waals surface area (Å²) in [6, 6.07) is 15.9. The van der Waals surface area contributed by atoms with Crippen molar-refractivity contribution in [2.75, 3.05) is 23.3 Å². The highest BCUT2D eigenvalue weighted by Crippen LogP contribution is 2.50. The minimum absolute atomic E-state index is 0.00201. The highest BCUT2D eigenvalue weighted by atomic mass is 32.2. The average Bonchev–Trinajstić information content (AvgIpc) is 3.21. The molecule has 49 heavy (non-hydrogen) atoms. The number of hydrogen-bond acceptors (Lipinski definition) is 8. The van der Waals surface area contributed by atoms with Crippen molar-refractivity contribution in [3.63, 3.8) is 0 Å². The minimum atomic E-state index is -4.02. The van der Waals surface area contributed by atoms with E-state index in [-0.39, 0.29) is 28.6 Å². The highest BCUT2D eigenvalue weighted by Gasteiger charge is 2.41. The van der Waals surface area contributed by atoms with Crippen LogP contribution in [0.25, 0.3) is 11.3 Å². The van der Waals surface area contributed by atoms with Crippen molar-refractivity contribution in [2.24, 2.45) is 17.8 Å². The van der Waals surface area contributed by atoms with Crippen LogP contribution >= 0.6 is 0 Å². The summed E-state index contributed by atoms with van der Waals surface area (Å²) in [5, 5.41) is 0. The maximum absolute atomic E-state index is 14.0. The summed E-state index contributed by atoms with van der Waals surface area (Å²) in [5.74, 6) is 2.20. The van der Waals surface area contributed by atoms with E-state index in [9.17, 15) is 8.42 Å². The number of nitrogens with one attached hydrogen (secondary N) is 1. The van der Waals surface area contributed by atoms with Crippen molar-refractivity contribution in [1.82, 2.24) is 19.9 Å². The summed E-state index contributed by atoms with van der Waals surface area (Å²) in [6.45, 7) is 9.07. The molecule has 10 heteroatoms. The van der Waals surface area contributed by atoms with Gasteiger partial charge in [0.2, 0.25) is 11.8 Å². The molecule has 1 N–H and O–H groups in total. The molecule has 2 aromatic carbocycles. The number of benzene rings is 2. The van der Waals surface area contributed by atoms with Gasteiger partial charge < -0.3 is 9.64 Å². The van der Waals surface area contributed by atoms with Crippen molar-refractivity contribution in [2.45, 2.75) is 95.4 Å². The third-order valence-electron chi connectivity index (χ3n) is 11.0. The molecule has 0 spiro atoms. The lowest BCUT2D eigenvalue weighted by molar-refractivity contribution is 0.142. The third-order valence-corrected chi connectivity index (χ3v) is 12.3. The van der Waals surface area contributed by atoms with Gasteiger partial charge in [0, 0.05) is 42.8 Å². The summed E-state index contributed by atoms with van der Waals surface area (Å²) in [4.78, 5) is 21.8. The summed E-state index contributed by atoms with van der Waals surface area (Å²) in [7, 11) is -1.89. The van der Waals surface area contributed by atoms with E-state index in [0.717, 1.165) is 59.4 Å². The van der Waals surface area contributed by atoms with Crippen molar-refractivity contribution in [1.29, 1.82) is 0 Å². The first-order chi connectivity index (χ1) is 23.6. The smallest absolute Gasteiger partial charge is 0.264 e. The van der Waals surface area contributed by atoms with E-state index in [2.05, 4.69) is 41.6 Å². The maximum atomic E-state index is 14.0. The van der Waals surface area contributed by atoms with Crippen LogP contribution in [0.4, 0.5) is 11.8 Å². The standard InChI is InChI=1S/C39H48N6O3S/c1-24(2)18-27-12-8-17-31(34-21-40-22-35(41-34)45(5)29-14-9-15-29)38-28-13-7-16-30(19-28)49(46,47)44-39-42-33(20-36(43-39)48-23-32(27)38)37-25(3)10-6-11-26(37)4/h6-7,10-11,13,16,19-22,24,27,29,31-32,38H,8-9,12,14-15,17-18,23H2,1-5H3,(H,42,43,44)/t27-,31+,32+,38?/m0/s1. The molecule has 4 atom stereocenters. The molecule has 0 radical (unpaired) electrons. The fraction of sp³-hybridized carbons (Fsp3) is 0.487. The predicted molar refractivity (Wildman–Crippen MR) is 194 cm³/mol. The first kappa shape index (κ1) is 33.4. The lowest BCUT2D eigenvalue weighted by atomic mass is 9.70. The van der Waals surface area contributed by atoms with Crippen LogP contribution in [0.2, 0.25) is 0 Å². The lowest BCUT2D eigenvalue weighted by Crippen LogP contribution is -2.38. The van der Waals surface area contributed by atoms with Crippen LogP contribution in [0, 0.1) is 31.6 Å². The van der Waals surface area contributed by atoms with E-state index >= 15 is 0 Å². The van der Waals surface area contributed by atoms with E-state index in [4.69, 9.17) is 19.7 Å². The van der Waals surface area contributed by atoms with E-state index in [1.165, 1.54) is 19.3 Å². The molecule has 1 unspecified atom stereocenters. The maximum Gasteiger partial charge on any atom is 0.264 e. The molecule has 2 fully saturated rings. The molecule has 4 bridgehead atoms. The van der Waals surface area contributed by atoms with Gasteiger partial charge in [-0.2, -0.15) is 4.98 Å². The molecule has 3 aliphatic rings. The number of fused-ring (bicyclic) bond motifs is 6. The Labute approximate surface area is 291 Å². The molecule has 7 rings (SSSR count). The molecule has 0 saturated heterocycles. The van der Waals surface area contributed by atoms with Crippen LogP contribution in [-0.2, 0) is 10.0 Å². The molecule has 2 saturated carbocycles. The molecular weight excluding hydrogens is 633 g/mol. The summed E-state index contributed by atoms with van der Waals surface area (Å²) in [6.07, 6.45) is 11.5. The number of anilines is 2. The van der Waals surface area contributed by atoms with Gasteiger partial charge in [0.15, 0.2) is 0 Å². The quantitative estimate of drug-likeness (QED) is 0.218. The van der Waals surface area contributed by atoms with Crippen molar-refractivity contribution in [3.8, 4) is 17.1 Å².